The average Bonchev–Trinajstić information content (AvgIpc) is 2.38. The van der Waals surface area contributed by atoms with Crippen LogP contribution in [0, 0.1) is 5.92 Å². The normalized spacial score (nSPS) is 12.6. The summed E-state index contributed by atoms with van der Waals surface area (Å²) in [5.74, 6) is 0.150. The van der Waals surface area contributed by atoms with Gasteiger partial charge in [0.2, 0.25) is 5.91 Å². The van der Waals surface area contributed by atoms with E-state index in [1.54, 1.807) is 24.3 Å². The number of amides is 1. The topological polar surface area (TPSA) is 85.3 Å². The van der Waals surface area contributed by atoms with Gasteiger partial charge in [-0.05, 0) is 36.6 Å². The van der Waals surface area contributed by atoms with Gasteiger partial charge in [-0.1, -0.05) is 13.8 Å². The second kappa shape index (κ2) is 5.88. The number of rotatable bonds is 4. The highest BCUT2D eigenvalue weighted by Gasteiger charge is 2.15. The maximum Gasteiger partial charge on any atom is 0.336 e. The lowest BCUT2D eigenvalue weighted by Gasteiger charge is -2.14. The molecule has 106 valence electrons. The third kappa shape index (κ3) is 3.45. The third-order valence-corrected chi connectivity index (χ3v) is 2.95. The van der Waals surface area contributed by atoms with Crippen molar-refractivity contribution in [1.82, 2.24) is 0 Å². The summed E-state index contributed by atoms with van der Waals surface area (Å²) in [6, 6.07) is 7.56. The lowest BCUT2D eigenvalue weighted by atomic mass is 10.0. The first-order chi connectivity index (χ1) is 9.45. The second-order valence-corrected chi connectivity index (χ2v) is 5.23. The zero-order valence-electron chi connectivity index (χ0n) is 11.6. The Morgan fingerprint density at radius 3 is 2.75 bits per heavy atom. The molecule has 0 saturated carbocycles. The highest BCUT2D eigenvalue weighted by Crippen LogP contribution is 2.18. The van der Waals surface area contributed by atoms with Crippen molar-refractivity contribution in [1.29, 1.82) is 0 Å². The quantitative estimate of drug-likeness (QED) is 0.836. The minimum absolute atomic E-state index is 0.213. The molecule has 0 saturated heterocycles. The van der Waals surface area contributed by atoms with Crippen LogP contribution < -0.4 is 16.7 Å². The fraction of sp³-hybridized carbons (Fsp3) is 0.333. The van der Waals surface area contributed by atoms with E-state index >= 15 is 0 Å². The lowest BCUT2D eigenvalue weighted by Crippen LogP contribution is -2.36. The van der Waals surface area contributed by atoms with Crippen molar-refractivity contribution in [2.24, 2.45) is 11.7 Å². The summed E-state index contributed by atoms with van der Waals surface area (Å²) in [6.45, 7) is 4.04. The predicted octanol–water partition coefficient (Wildman–Crippen LogP) is 2.10. The molecule has 2 aromatic rings. The van der Waals surface area contributed by atoms with Crippen molar-refractivity contribution in [2.45, 2.75) is 26.3 Å². The van der Waals surface area contributed by atoms with Gasteiger partial charge >= 0.3 is 5.63 Å². The van der Waals surface area contributed by atoms with Crippen LogP contribution >= 0.6 is 0 Å². The van der Waals surface area contributed by atoms with E-state index in [4.69, 9.17) is 10.2 Å². The second-order valence-electron chi connectivity index (χ2n) is 5.23. The highest BCUT2D eigenvalue weighted by atomic mass is 16.4. The van der Waals surface area contributed by atoms with Crippen molar-refractivity contribution < 1.29 is 9.21 Å². The Balaban J connectivity index is 2.15. The lowest BCUT2D eigenvalue weighted by molar-refractivity contribution is -0.117. The van der Waals surface area contributed by atoms with Crippen molar-refractivity contribution in [2.75, 3.05) is 5.32 Å². The molecule has 0 spiro atoms. The van der Waals surface area contributed by atoms with Gasteiger partial charge in [0.1, 0.15) is 5.58 Å². The summed E-state index contributed by atoms with van der Waals surface area (Å²) in [7, 11) is 0. The van der Waals surface area contributed by atoms with Crippen LogP contribution in [0.4, 0.5) is 5.69 Å². The molecule has 0 bridgehead atoms. The minimum atomic E-state index is -0.528. The summed E-state index contributed by atoms with van der Waals surface area (Å²) in [4.78, 5) is 23.0. The standard InChI is InChI=1S/C15H18N2O3/c1-9(2)7-12(16)15(19)17-11-4-5-13-10(8-11)3-6-14(18)20-13/h3-6,8-9,12H,7,16H2,1-2H3,(H,17,19)/t12-/m0/s1. The average molecular weight is 274 g/mol. The zero-order valence-corrected chi connectivity index (χ0v) is 11.6. The van der Waals surface area contributed by atoms with Crippen LogP contribution in [0.5, 0.6) is 0 Å². The van der Waals surface area contributed by atoms with Crippen LogP contribution in [0.25, 0.3) is 11.0 Å². The van der Waals surface area contributed by atoms with Gasteiger partial charge in [-0.15, -0.1) is 0 Å². The van der Waals surface area contributed by atoms with E-state index in [9.17, 15) is 9.59 Å². The van der Waals surface area contributed by atoms with E-state index in [0.29, 0.717) is 23.6 Å². The van der Waals surface area contributed by atoms with Gasteiger partial charge in [0, 0.05) is 17.1 Å². The van der Waals surface area contributed by atoms with Crippen molar-refractivity contribution in [3.8, 4) is 0 Å². The smallest absolute Gasteiger partial charge is 0.336 e. The molecule has 0 aliphatic carbocycles. The first kappa shape index (κ1) is 14.3. The van der Waals surface area contributed by atoms with E-state index in [1.165, 1.54) is 6.07 Å². The van der Waals surface area contributed by atoms with Gasteiger partial charge in [-0.3, -0.25) is 4.79 Å². The van der Waals surface area contributed by atoms with Gasteiger partial charge in [-0.2, -0.15) is 0 Å². The molecule has 20 heavy (non-hydrogen) atoms. The van der Waals surface area contributed by atoms with Crippen LogP contribution in [0.3, 0.4) is 0 Å². The fourth-order valence-corrected chi connectivity index (χ4v) is 2.00. The Kier molecular flexibility index (Phi) is 4.20. The number of hydrogen-bond donors (Lipinski definition) is 2. The number of carbonyl (C=O) groups is 1. The van der Waals surface area contributed by atoms with Crippen LogP contribution in [0.15, 0.2) is 39.5 Å². The number of carbonyl (C=O) groups excluding carboxylic acids is 1. The molecular weight excluding hydrogens is 256 g/mol. The largest absolute Gasteiger partial charge is 0.423 e. The number of nitrogens with one attached hydrogen (secondary N) is 1. The molecule has 5 nitrogen and oxygen atoms in total. The van der Waals surface area contributed by atoms with Gasteiger partial charge in [0.25, 0.3) is 0 Å². The van der Waals surface area contributed by atoms with Gasteiger partial charge in [0.05, 0.1) is 6.04 Å². The molecule has 0 aliphatic rings. The molecular formula is C15H18N2O3. The van der Waals surface area contributed by atoms with E-state index in [-0.39, 0.29) is 5.91 Å². The van der Waals surface area contributed by atoms with Crippen LogP contribution in [-0.2, 0) is 4.79 Å². The summed E-state index contributed by atoms with van der Waals surface area (Å²) in [6.07, 6.45) is 0.633. The maximum atomic E-state index is 11.9. The van der Waals surface area contributed by atoms with E-state index < -0.39 is 11.7 Å². The molecule has 1 atom stereocenters. The molecule has 0 unspecified atom stereocenters. The SMILES string of the molecule is CC(C)C[C@H](N)C(=O)Nc1ccc2oc(=O)ccc2c1. The Morgan fingerprint density at radius 2 is 2.05 bits per heavy atom. The van der Waals surface area contributed by atoms with Gasteiger partial charge in [-0.25, -0.2) is 4.79 Å². The Bertz CT molecular complexity index is 676. The molecule has 0 fully saturated rings. The summed E-state index contributed by atoms with van der Waals surface area (Å²) in [5, 5.41) is 3.52. The number of fused-ring (bicyclic) bond motifs is 1. The van der Waals surface area contributed by atoms with E-state index in [0.717, 1.165) is 5.39 Å². The van der Waals surface area contributed by atoms with Crippen molar-refractivity contribution in [3.05, 3.63) is 40.8 Å². The predicted molar refractivity (Wildman–Crippen MR) is 78.5 cm³/mol. The first-order valence-corrected chi connectivity index (χ1v) is 6.56. The van der Waals surface area contributed by atoms with Gasteiger partial charge < -0.3 is 15.5 Å². The number of hydrogen-bond acceptors (Lipinski definition) is 4. The molecule has 1 amide bonds. The monoisotopic (exact) mass is 274 g/mol. The Labute approximate surface area is 116 Å². The molecule has 5 heteroatoms. The molecule has 3 N–H and O–H groups in total. The molecule has 1 aromatic heterocycles. The zero-order chi connectivity index (χ0) is 14.7. The number of anilines is 1. The molecule has 1 aromatic carbocycles. The van der Waals surface area contributed by atoms with E-state index in [2.05, 4.69) is 5.32 Å². The number of benzene rings is 1. The van der Waals surface area contributed by atoms with Gasteiger partial charge in [0.15, 0.2) is 0 Å². The summed E-state index contributed by atoms with van der Waals surface area (Å²) in [5.41, 5.74) is 6.55. The summed E-state index contributed by atoms with van der Waals surface area (Å²) >= 11 is 0. The maximum absolute atomic E-state index is 11.9. The fourth-order valence-electron chi connectivity index (χ4n) is 2.00. The van der Waals surface area contributed by atoms with Crippen molar-refractivity contribution >= 4 is 22.6 Å². The van der Waals surface area contributed by atoms with Crippen molar-refractivity contribution in [3.63, 3.8) is 0 Å². The molecule has 1 heterocycles. The minimum Gasteiger partial charge on any atom is -0.423 e. The van der Waals surface area contributed by atoms with E-state index in [1.807, 2.05) is 13.8 Å². The first-order valence-electron chi connectivity index (χ1n) is 6.56. The van der Waals surface area contributed by atoms with Crippen LogP contribution in [0.2, 0.25) is 0 Å². The Hall–Kier alpha value is -2.14. The molecule has 2 rings (SSSR count). The molecule has 0 aliphatic heterocycles. The third-order valence-electron chi connectivity index (χ3n) is 2.95. The Morgan fingerprint density at radius 1 is 1.30 bits per heavy atom. The number of nitrogens with two attached hydrogens (primary N) is 1. The van der Waals surface area contributed by atoms with Crippen LogP contribution in [-0.4, -0.2) is 11.9 Å². The molecule has 0 radical (unpaired) electrons. The van der Waals surface area contributed by atoms with Crippen LogP contribution in [0.1, 0.15) is 20.3 Å². The highest BCUT2D eigenvalue weighted by molar-refractivity contribution is 5.96. The summed E-state index contributed by atoms with van der Waals surface area (Å²) < 4.78 is 5.03.